The van der Waals surface area contributed by atoms with Gasteiger partial charge in [0.15, 0.2) is 0 Å². The summed E-state index contributed by atoms with van der Waals surface area (Å²) in [5.74, 6) is 0. The van der Waals surface area contributed by atoms with Crippen LogP contribution in [-0.2, 0) is 0 Å². The highest BCUT2D eigenvalue weighted by Crippen LogP contribution is 2.25. The van der Waals surface area contributed by atoms with Crippen molar-refractivity contribution in [2.24, 2.45) is 0 Å². The predicted octanol–water partition coefficient (Wildman–Crippen LogP) is 1.08. The summed E-state index contributed by atoms with van der Waals surface area (Å²) in [4.78, 5) is 17.0. The molecule has 1 saturated heterocycles. The zero-order valence-corrected chi connectivity index (χ0v) is 10.6. The summed E-state index contributed by atoms with van der Waals surface area (Å²) >= 11 is 0. The number of amides is 2. The average molecular weight is 236 g/mol. The highest BCUT2D eigenvalue weighted by atomic mass is 16.2. The fraction of sp³-hybridized carbons (Fsp3) is 0.583. The van der Waals surface area contributed by atoms with Gasteiger partial charge in [0.25, 0.3) is 0 Å². The topological polar surface area (TPSA) is 60.2 Å². The molecule has 1 fully saturated rings. The summed E-state index contributed by atoms with van der Waals surface area (Å²) in [5.41, 5.74) is 0.876. The molecule has 94 valence electrons. The number of hydrogen-bond acceptors (Lipinski definition) is 2. The molecule has 0 aromatic carbocycles. The Morgan fingerprint density at radius 3 is 2.94 bits per heavy atom. The number of aromatic nitrogens is 1. The molecule has 5 heteroatoms. The molecule has 0 spiro atoms. The standard InChI is InChI=1S/C12H20N4O/c1-12(2,8-13-3)16-7-10(15-11(16)17)9-5-4-6-14-9/h4-6,10,13-14H,7-8H2,1-3H3,(H,15,17). The third kappa shape index (κ3) is 2.29. The third-order valence-electron chi connectivity index (χ3n) is 3.25. The number of nitrogens with zero attached hydrogens (tertiary/aromatic N) is 1. The lowest BCUT2D eigenvalue weighted by atomic mass is 10.0. The summed E-state index contributed by atoms with van der Waals surface area (Å²) in [5, 5.41) is 6.12. The van der Waals surface area contributed by atoms with Crippen LogP contribution in [0.1, 0.15) is 25.6 Å². The molecule has 1 aliphatic heterocycles. The van der Waals surface area contributed by atoms with Gasteiger partial charge in [0, 0.05) is 25.0 Å². The van der Waals surface area contributed by atoms with Crippen LogP contribution < -0.4 is 10.6 Å². The van der Waals surface area contributed by atoms with Crippen molar-refractivity contribution in [3.63, 3.8) is 0 Å². The largest absolute Gasteiger partial charge is 0.363 e. The lowest BCUT2D eigenvalue weighted by molar-refractivity contribution is 0.158. The van der Waals surface area contributed by atoms with Gasteiger partial charge in [-0.05, 0) is 33.0 Å². The van der Waals surface area contributed by atoms with Crippen LogP contribution in [0.5, 0.6) is 0 Å². The van der Waals surface area contributed by atoms with Crippen LogP contribution in [-0.4, -0.2) is 41.6 Å². The third-order valence-corrected chi connectivity index (χ3v) is 3.25. The molecule has 17 heavy (non-hydrogen) atoms. The number of carbonyl (C=O) groups excluding carboxylic acids is 1. The number of H-pyrrole nitrogens is 1. The fourth-order valence-corrected chi connectivity index (χ4v) is 2.33. The van der Waals surface area contributed by atoms with Crippen LogP contribution in [0, 0.1) is 0 Å². The number of likely N-dealkylation sites (N-methyl/N-ethyl adjacent to an activating group) is 1. The summed E-state index contributed by atoms with van der Waals surface area (Å²) in [6, 6.07) is 4.01. The molecule has 2 heterocycles. The van der Waals surface area contributed by atoms with E-state index in [1.54, 1.807) is 0 Å². The van der Waals surface area contributed by atoms with Gasteiger partial charge in [0.2, 0.25) is 0 Å². The van der Waals surface area contributed by atoms with Gasteiger partial charge in [-0.3, -0.25) is 0 Å². The van der Waals surface area contributed by atoms with Crippen molar-refractivity contribution in [3.8, 4) is 0 Å². The van der Waals surface area contributed by atoms with Crippen molar-refractivity contribution in [2.45, 2.75) is 25.4 Å². The second kappa shape index (κ2) is 4.41. The zero-order valence-electron chi connectivity index (χ0n) is 10.6. The quantitative estimate of drug-likeness (QED) is 0.732. The molecule has 1 aromatic heterocycles. The minimum absolute atomic E-state index is 0.00449. The van der Waals surface area contributed by atoms with Gasteiger partial charge in [-0.15, -0.1) is 0 Å². The average Bonchev–Trinajstić information content (AvgIpc) is 2.85. The van der Waals surface area contributed by atoms with Gasteiger partial charge in [0.05, 0.1) is 11.6 Å². The van der Waals surface area contributed by atoms with Crippen molar-refractivity contribution < 1.29 is 4.79 Å². The minimum atomic E-state index is -0.180. The Balaban J connectivity index is 2.10. The summed E-state index contributed by atoms with van der Waals surface area (Å²) in [6.45, 7) is 5.62. The first kappa shape index (κ1) is 12.0. The van der Waals surface area contributed by atoms with Gasteiger partial charge >= 0.3 is 6.03 Å². The zero-order chi connectivity index (χ0) is 12.5. The molecule has 3 N–H and O–H groups in total. The lowest BCUT2D eigenvalue weighted by Crippen LogP contribution is -2.51. The van der Waals surface area contributed by atoms with Crippen molar-refractivity contribution in [3.05, 3.63) is 24.0 Å². The van der Waals surface area contributed by atoms with Gasteiger partial charge in [-0.2, -0.15) is 0 Å². The Labute approximate surface area is 102 Å². The predicted molar refractivity (Wildman–Crippen MR) is 66.8 cm³/mol. The first-order valence-corrected chi connectivity index (χ1v) is 5.90. The van der Waals surface area contributed by atoms with Crippen molar-refractivity contribution in [1.82, 2.24) is 20.5 Å². The molecular formula is C12H20N4O. The van der Waals surface area contributed by atoms with E-state index < -0.39 is 0 Å². The first-order valence-electron chi connectivity index (χ1n) is 5.90. The van der Waals surface area contributed by atoms with Crippen LogP contribution in [0.2, 0.25) is 0 Å². The normalized spacial score (nSPS) is 20.8. The van der Waals surface area contributed by atoms with E-state index in [-0.39, 0.29) is 17.6 Å². The SMILES string of the molecule is CNCC(C)(C)N1CC(c2ccc[nH]2)NC1=O. The molecule has 0 aliphatic carbocycles. The molecule has 2 rings (SSSR count). The van der Waals surface area contributed by atoms with Gasteiger partial charge < -0.3 is 20.5 Å². The fourth-order valence-electron chi connectivity index (χ4n) is 2.33. The molecule has 1 aromatic rings. The Morgan fingerprint density at radius 2 is 2.35 bits per heavy atom. The van der Waals surface area contributed by atoms with Crippen LogP contribution in [0.25, 0.3) is 0 Å². The smallest absolute Gasteiger partial charge is 0.318 e. The van der Waals surface area contributed by atoms with Crippen molar-refractivity contribution in [1.29, 1.82) is 0 Å². The van der Waals surface area contributed by atoms with E-state index in [0.717, 1.165) is 12.2 Å². The van der Waals surface area contributed by atoms with E-state index in [1.165, 1.54) is 0 Å². The van der Waals surface area contributed by atoms with E-state index >= 15 is 0 Å². The van der Waals surface area contributed by atoms with Crippen molar-refractivity contribution >= 4 is 6.03 Å². The second-order valence-electron chi connectivity index (χ2n) is 5.08. The molecule has 1 unspecified atom stereocenters. The second-order valence-corrected chi connectivity index (χ2v) is 5.08. The lowest BCUT2D eigenvalue weighted by Gasteiger charge is -2.34. The Kier molecular flexibility index (Phi) is 3.11. The number of hydrogen-bond donors (Lipinski definition) is 3. The Morgan fingerprint density at radius 1 is 1.59 bits per heavy atom. The summed E-state index contributed by atoms with van der Waals surface area (Å²) in [6.07, 6.45) is 1.88. The summed E-state index contributed by atoms with van der Waals surface area (Å²) in [7, 11) is 1.90. The van der Waals surface area contributed by atoms with Gasteiger partial charge in [-0.25, -0.2) is 4.79 Å². The van der Waals surface area contributed by atoms with E-state index in [9.17, 15) is 4.79 Å². The maximum atomic E-state index is 12.0. The summed E-state index contributed by atoms with van der Waals surface area (Å²) < 4.78 is 0. The Hall–Kier alpha value is -1.49. The number of nitrogens with one attached hydrogen (secondary N) is 3. The monoisotopic (exact) mass is 236 g/mol. The molecular weight excluding hydrogens is 216 g/mol. The van der Waals surface area contributed by atoms with E-state index in [4.69, 9.17) is 0 Å². The van der Waals surface area contributed by atoms with Crippen LogP contribution in [0.15, 0.2) is 18.3 Å². The van der Waals surface area contributed by atoms with E-state index in [0.29, 0.717) is 6.54 Å². The molecule has 0 radical (unpaired) electrons. The van der Waals surface area contributed by atoms with Crippen LogP contribution >= 0.6 is 0 Å². The van der Waals surface area contributed by atoms with E-state index in [2.05, 4.69) is 29.5 Å². The van der Waals surface area contributed by atoms with Gasteiger partial charge in [0.1, 0.15) is 0 Å². The van der Waals surface area contributed by atoms with Crippen molar-refractivity contribution in [2.75, 3.05) is 20.1 Å². The number of carbonyl (C=O) groups is 1. The number of urea groups is 1. The van der Waals surface area contributed by atoms with E-state index in [1.807, 2.05) is 30.3 Å². The highest BCUT2D eigenvalue weighted by Gasteiger charge is 2.38. The minimum Gasteiger partial charge on any atom is -0.363 e. The molecule has 5 nitrogen and oxygen atoms in total. The molecule has 0 bridgehead atoms. The van der Waals surface area contributed by atoms with Crippen LogP contribution in [0.4, 0.5) is 4.79 Å². The molecule has 1 aliphatic rings. The highest BCUT2D eigenvalue weighted by molar-refractivity contribution is 5.78. The molecule has 0 saturated carbocycles. The Bertz CT molecular complexity index is 385. The number of aromatic amines is 1. The van der Waals surface area contributed by atoms with Crippen LogP contribution in [0.3, 0.4) is 0 Å². The number of rotatable bonds is 4. The first-order chi connectivity index (χ1) is 8.04. The van der Waals surface area contributed by atoms with Gasteiger partial charge in [-0.1, -0.05) is 0 Å². The maximum Gasteiger partial charge on any atom is 0.318 e. The molecule has 1 atom stereocenters. The maximum absolute atomic E-state index is 12.0. The molecule has 2 amide bonds.